The quantitative estimate of drug-likeness (QED) is 0.182. The van der Waals surface area contributed by atoms with Crippen molar-refractivity contribution in [2.24, 2.45) is 5.92 Å². The normalized spacial score (nSPS) is 10.4. The van der Waals surface area contributed by atoms with Gasteiger partial charge in [0, 0.05) is 0 Å². The van der Waals surface area contributed by atoms with Crippen LogP contribution >= 0.6 is 0 Å². The molecule has 0 bridgehead atoms. The molecule has 1 nitrogen and oxygen atoms in total. The molecule has 1 N–H and O–H groups in total. The fraction of sp³-hybridized carbons (Fsp3) is 0.242. The molecule has 0 heterocycles. The van der Waals surface area contributed by atoms with Crippen molar-refractivity contribution in [1.29, 1.82) is 0 Å². The molecular weight excluding hydrogens is 688 g/mol. The molecule has 5 rings (SSSR count). The molecule has 0 fully saturated rings. The third kappa shape index (κ3) is 12.0. The van der Waals surface area contributed by atoms with E-state index in [4.69, 9.17) is 5.73 Å². The van der Waals surface area contributed by atoms with Gasteiger partial charge in [-0.05, 0) is 0 Å². The first-order valence-corrected chi connectivity index (χ1v) is 13.8. The van der Waals surface area contributed by atoms with Gasteiger partial charge in [-0.2, -0.15) is 0 Å². The molecule has 0 aliphatic rings. The molecule has 0 aromatic heterocycles. The van der Waals surface area contributed by atoms with Crippen LogP contribution in [0.25, 0.3) is 27.3 Å². The maximum atomic E-state index is 7.14. The first-order chi connectivity index (χ1) is 17.2. The molecule has 0 spiro atoms. The molecule has 1 unspecified atom stereocenters. The van der Waals surface area contributed by atoms with Gasteiger partial charge >= 0.3 is 25.8 Å². The fourth-order valence-electron chi connectivity index (χ4n) is 4.06. The Labute approximate surface area is 263 Å². The van der Waals surface area contributed by atoms with Crippen LogP contribution < -0.4 is 35.2 Å². The molecule has 0 saturated heterocycles. The molecule has 2 radical (unpaired) electrons. The van der Waals surface area contributed by atoms with E-state index in [1.165, 1.54) is 57.6 Å². The van der Waals surface area contributed by atoms with Crippen LogP contribution in [0, 0.1) is 5.92 Å². The van der Waals surface area contributed by atoms with Gasteiger partial charge in [0.1, 0.15) is 9.52 Å². The third-order valence-corrected chi connectivity index (χ3v) is 7.43. The zero-order chi connectivity index (χ0) is 24.7. The number of fused-ring (bicyclic) bond motifs is 3. The minimum Gasteiger partial charge on any atom is -1.00 e. The summed E-state index contributed by atoms with van der Waals surface area (Å²) in [6.07, 6.45) is 5.02. The summed E-state index contributed by atoms with van der Waals surface area (Å²) < 4.78 is 0. The molecule has 5 aromatic carbocycles. The largest absolute Gasteiger partial charge is 4.00 e. The van der Waals surface area contributed by atoms with Crippen molar-refractivity contribution in [1.82, 2.24) is 0 Å². The third-order valence-electron chi connectivity index (χ3n) is 6.19. The number of unbranched alkanes of at least 4 members (excludes halogenated alkanes) is 1. The van der Waals surface area contributed by atoms with Gasteiger partial charge in [-0.25, -0.2) is 0 Å². The maximum absolute atomic E-state index is 7.14. The summed E-state index contributed by atoms with van der Waals surface area (Å²) in [7, 11) is 0.777. The molecular formula is C33H37Cl2HfNSi. The van der Waals surface area contributed by atoms with Crippen LogP contribution in [0.1, 0.15) is 39.5 Å². The van der Waals surface area contributed by atoms with E-state index >= 15 is 0 Å². The van der Waals surface area contributed by atoms with E-state index in [0.717, 1.165) is 9.52 Å². The summed E-state index contributed by atoms with van der Waals surface area (Å²) in [6.45, 7) is 5.00. The van der Waals surface area contributed by atoms with Gasteiger partial charge in [0.2, 0.25) is 0 Å². The van der Waals surface area contributed by atoms with Crippen molar-refractivity contribution in [2.75, 3.05) is 6.54 Å². The van der Waals surface area contributed by atoms with Crippen LogP contribution in [0.4, 0.5) is 0 Å². The van der Waals surface area contributed by atoms with Gasteiger partial charge in [-0.1, -0.05) is 153 Å². The molecule has 0 aliphatic heterocycles. The van der Waals surface area contributed by atoms with Crippen LogP contribution in [0.15, 0.2) is 115 Å². The first-order valence-electron chi connectivity index (χ1n) is 12.8. The van der Waals surface area contributed by atoms with E-state index in [-0.39, 0.29) is 50.7 Å². The number of nitrogens with one attached hydrogen (secondary N) is 1. The van der Waals surface area contributed by atoms with Crippen LogP contribution in [0.3, 0.4) is 0 Å². The minimum absolute atomic E-state index is 0. The number of hydrogen-bond donors (Lipinski definition) is 0. The summed E-state index contributed by atoms with van der Waals surface area (Å²) in [6, 6.07) is 40.4. The van der Waals surface area contributed by atoms with E-state index in [0.29, 0.717) is 12.5 Å². The molecule has 1 atom stereocenters. The second kappa shape index (κ2) is 21.2. The van der Waals surface area contributed by atoms with E-state index in [1.54, 1.807) is 0 Å². The standard InChI is InChI=1S/C13H9.C12H10Si.C8H18N.2ClH.Hf/c1-3-7-12-10(5-1)9-11-6-2-4-8-13(11)12;1-3-7-11(8-4-1)13-12-9-5-2-6-10-12;1-3-5-6-8(4-2)7-9;;;/h1-9H;1-10H;8-9H,3-7H2,1-2H3;2*1H;/q-1;;-1;;;+4/p-2. The van der Waals surface area contributed by atoms with E-state index in [2.05, 4.69) is 129 Å². The Bertz CT molecular complexity index is 1150. The smallest absolute Gasteiger partial charge is 1.00 e. The summed E-state index contributed by atoms with van der Waals surface area (Å²) in [5.74, 6) is 0.671. The predicted molar refractivity (Wildman–Crippen MR) is 157 cm³/mol. The van der Waals surface area contributed by atoms with Crippen molar-refractivity contribution in [3.05, 3.63) is 121 Å². The van der Waals surface area contributed by atoms with Gasteiger partial charge in [-0.15, -0.1) is 46.3 Å². The number of halogens is 2. The Morgan fingerprint density at radius 3 is 1.47 bits per heavy atom. The second-order valence-electron chi connectivity index (χ2n) is 8.80. The van der Waals surface area contributed by atoms with E-state index in [9.17, 15) is 0 Å². The van der Waals surface area contributed by atoms with Crippen LogP contribution in [0.5, 0.6) is 0 Å². The van der Waals surface area contributed by atoms with Crippen molar-refractivity contribution in [3.63, 3.8) is 0 Å². The summed E-state index contributed by atoms with van der Waals surface area (Å²) in [5, 5.41) is 8.19. The second-order valence-corrected chi connectivity index (χ2v) is 10.2. The first kappa shape index (κ1) is 36.4. The van der Waals surface area contributed by atoms with Crippen LogP contribution in [-0.2, 0) is 25.8 Å². The molecule has 0 saturated carbocycles. The molecule has 5 aromatic rings. The van der Waals surface area contributed by atoms with Gasteiger partial charge in [0.25, 0.3) is 0 Å². The Kier molecular flexibility index (Phi) is 20.3. The topological polar surface area (TPSA) is 23.8 Å². The van der Waals surface area contributed by atoms with Crippen LogP contribution in [-0.4, -0.2) is 16.1 Å². The predicted octanol–water partition coefficient (Wildman–Crippen LogP) is 2.31. The Balaban J connectivity index is 0.000000531. The molecule has 0 amide bonds. The van der Waals surface area contributed by atoms with Gasteiger partial charge < -0.3 is 30.5 Å². The zero-order valence-corrected chi connectivity index (χ0v) is 28.4. The van der Waals surface area contributed by atoms with Gasteiger partial charge in [0.05, 0.1) is 0 Å². The SMILES string of the molecule is CCCCC(CC)C[NH-].[Cl-].[Cl-].[Hf+4].c1ccc([Si]c2ccccc2)cc1.c1ccc2c(c1)[cH-]c1ccccc12. The van der Waals surface area contributed by atoms with Crippen molar-refractivity contribution in [3.8, 4) is 0 Å². The Morgan fingerprint density at radius 1 is 0.658 bits per heavy atom. The Hall–Kier alpha value is -1.62. The molecule has 0 aliphatic carbocycles. The molecule has 196 valence electrons. The Morgan fingerprint density at radius 2 is 1.08 bits per heavy atom. The number of hydrogen-bond acceptors (Lipinski definition) is 0. The fourth-order valence-corrected chi connectivity index (χ4v) is 5.11. The van der Waals surface area contributed by atoms with Crippen LogP contribution in [0.2, 0.25) is 0 Å². The number of rotatable bonds is 7. The zero-order valence-electron chi connectivity index (χ0n) is 22.3. The van der Waals surface area contributed by atoms with Crippen molar-refractivity contribution >= 4 is 41.4 Å². The van der Waals surface area contributed by atoms with Crippen molar-refractivity contribution in [2.45, 2.75) is 39.5 Å². The summed E-state index contributed by atoms with van der Waals surface area (Å²) >= 11 is 0. The average molecular weight is 725 g/mol. The van der Waals surface area contributed by atoms with Gasteiger partial charge in [-0.3, -0.25) is 0 Å². The summed E-state index contributed by atoms with van der Waals surface area (Å²) in [5.41, 5.74) is 7.14. The number of benzene rings is 4. The van der Waals surface area contributed by atoms with Gasteiger partial charge in [0.15, 0.2) is 0 Å². The minimum atomic E-state index is 0. The average Bonchev–Trinajstić information content (AvgIpc) is 3.30. The molecule has 5 heteroatoms. The van der Waals surface area contributed by atoms with E-state index in [1.807, 2.05) is 0 Å². The van der Waals surface area contributed by atoms with Crippen molar-refractivity contribution < 1.29 is 50.7 Å². The summed E-state index contributed by atoms with van der Waals surface area (Å²) in [4.78, 5) is 0. The van der Waals surface area contributed by atoms with E-state index < -0.39 is 0 Å². The molecule has 38 heavy (non-hydrogen) atoms. The maximum Gasteiger partial charge on any atom is 4.00 e. The monoisotopic (exact) mass is 725 g/mol.